The molecule has 1 aromatic carbocycles. The summed E-state index contributed by atoms with van der Waals surface area (Å²) in [7, 11) is 0. The van der Waals surface area contributed by atoms with Gasteiger partial charge >= 0.3 is 0 Å². The molecule has 0 saturated heterocycles. The van der Waals surface area contributed by atoms with Crippen LogP contribution in [-0.2, 0) is 12.8 Å². The predicted octanol–water partition coefficient (Wildman–Crippen LogP) is 3.60. The summed E-state index contributed by atoms with van der Waals surface area (Å²) in [4.78, 5) is 5.80. The molecule has 1 unspecified atom stereocenters. The van der Waals surface area contributed by atoms with E-state index in [2.05, 4.69) is 53.8 Å². The molecule has 0 bridgehead atoms. The Balaban J connectivity index is 1.62. The number of hydrogen-bond donors (Lipinski definition) is 1. The molecule has 1 heterocycles. The number of aromatic nitrogens is 1. The molecule has 3 rings (SSSR count). The van der Waals surface area contributed by atoms with Crippen LogP contribution in [0.5, 0.6) is 0 Å². The number of nitrogens with one attached hydrogen (secondary N) is 1. The number of rotatable bonds is 7. The summed E-state index contributed by atoms with van der Waals surface area (Å²) in [5.41, 5.74) is 1.44. The third-order valence-corrected chi connectivity index (χ3v) is 4.73. The van der Waals surface area contributed by atoms with Gasteiger partial charge in [-0.3, -0.25) is 0 Å². The minimum absolute atomic E-state index is 0.665. The van der Waals surface area contributed by atoms with Crippen molar-refractivity contribution in [1.82, 2.24) is 10.3 Å². The molecule has 106 valence electrons. The molecule has 2 nitrogen and oxygen atoms in total. The van der Waals surface area contributed by atoms with E-state index >= 15 is 0 Å². The standard InChI is InChI=1S/C17H22N2S/c1-13-18-12-17(20-13)10-15(11-19-16-7-8-16)9-14-5-3-2-4-6-14/h2-6,12,15-16,19H,7-11H2,1H3. The van der Waals surface area contributed by atoms with Crippen molar-refractivity contribution >= 4 is 11.3 Å². The first-order valence-electron chi connectivity index (χ1n) is 7.48. The summed E-state index contributed by atoms with van der Waals surface area (Å²) in [6.45, 7) is 3.21. The Morgan fingerprint density at radius 2 is 2.05 bits per heavy atom. The monoisotopic (exact) mass is 286 g/mol. The minimum atomic E-state index is 0.665. The molecule has 1 fully saturated rings. The Morgan fingerprint density at radius 1 is 1.25 bits per heavy atom. The number of hydrogen-bond acceptors (Lipinski definition) is 3. The van der Waals surface area contributed by atoms with Crippen molar-refractivity contribution in [3.05, 3.63) is 52.0 Å². The molecule has 0 radical (unpaired) electrons. The van der Waals surface area contributed by atoms with E-state index in [0.29, 0.717) is 5.92 Å². The molecular formula is C17H22N2S. The lowest BCUT2D eigenvalue weighted by atomic mass is 9.95. The zero-order chi connectivity index (χ0) is 13.8. The molecule has 0 spiro atoms. The van der Waals surface area contributed by atoms with Crippen LogP contribution >= 0.6 is 11.3 Å². The van der Waals surface area contributed by atoms with Crippen LogP contribution < -0.4 is 5.32 Å². The van der Waals surface area contributed by atoms with Crippen molar-refractivity contribution in [1.29, 1.82) is 0 Å². The second-order valence-electron chi connectivity index (χ2n) is 5.79. The van der Waals surface area contributed by atoms with Crippen molar-refractivity contribution in [2.75, 3.05) is 6.54 Å². The van der Waals surface area contributed by atoms with Crippen molar-refractivity contribution in [3.8, 4) is 0 Å². The van der Waals surface area contributed by atoms with E-state index in [1.54, 1.807) is 0 Å². The van der Waals surface area contributed by atoms with Crippen molar-refractivity contribution in [2.45, 2.75) is 38.6 Å². The zero-order valence-corrected chi connectivity index (χ0v) is 12.8. The van der Waals surface area contributed by atoms with Crippen molar-refractivity contribution in [2.24, 2.45) is 5.92 Å². The van der Waals surface area contributed by atoms with Crippen LogP contribution in [-0.4, -0.2) is 17.6 Å². The molecule has 0 amide bonds. The highest BCUT2D eigenvalue weighted by molar-refractivity contribution is 7.11. The summed E-state index contributed by atoms with van der Waals surface area (Å²) >= 11 is 1.84. The van der Waals surface area contributed by atoms with Crippen LogP contribution in [0.15, 0.2) is 36.5 Å². The van der Waals surface area contributed by atoms with Crippen LogP contribution in [0.1, 0.15) is 28.3 Å². The van der Waals surface area contributed by atoms with E-state index < -0.39 is 0 Å². The number of benzene rings is 1. The summed E-state index contributed by atoms with van der Waals surface area (Å²) in [5, 5.41) is 4.86. The first-order chi connectivity index (χ1) is 9.79. The number of thiazole rings is 1. The van der Waals surface area contributed by atoms with Gasteiger partial charge in [-0.05, 0) is 50.6 Å². The Kier molecular flexibility index (Phi) is 4.48. The van der Waals surface area contributed by atoms with Crippen LogP contribution in [0.2, 0.25) is 0 Å². The maximum Gasteiger partial charge on any atom is 0.0896 e. The van der Waals surface area contributed by atoms with Gasteiger partial charge in [-0.2, -0.15) is 0 Å². The van der Waals surface area contributed by atoms with Crippen LogP contribution in [0.3, 0.4) is 0 Å². The highest BCUT2D eigenvalue weighted by Crippen LogP contribution is 2.22. The first kappa shape index (κ1) is 13.8. The fraction of sp³-hybridized carbons (Fsp3) is 0.471. The van der Waals surface area contributed by atoms with Gasteiger partial charge in [-0.25, -0.2) is 4.98 Å². The summed E-state index contributed by atoms with van der Waals surface area (Å²) in [6.07, 6.45) is 7.06. The highest BCUT2D eigenvalue weighted by atomic mass is 32.1. The van der Waals surface area contributed by atoms with E-state index in [-0.39, 0.29) is 0 Å². The molecule has 1 aliphatic carbocycles. The topological polar surface area (TPSA) is 24.9 Å². The summed E-state index contributed by atoms with van der Waals surface area (Å²) in [5.74, 6) is 0.665. The normalized spacial score (nSPS) is 16.2. The third kappa shape index (κ3) is 4.15. The van der Waals surface area contributed by atoms with Gasteiger partial charge in [0.1, 0.15) is 0 Å². The molecular weight excluding hydrogens is 264 g/mol. The lowest BCUT2D eigenvalue weighted by Crippen LogP contribution is -2.27. The molecule has 1 aromatic heterocycles. The molecule has 1 aliphatic rings. The van der Waals surface area contributed by atoms with E-state index in [1.165, 1.54) is 28.3 Å². The highest BCUT2D eigenvalue weighted by Gasteiger charge is 2.22. The summed E-state index contributed by atoms with van der Waals surface area (Å²) < 4.78 is 0. The van der Waals surface area contributed by atoms with E-state index in [0.717, 1.165) is 25.4 Å². The largest absolute Gasteiger partial charge is 0.314 e. The fourth-order valence-electron chi connectivity index (χ4n) is 2.57. The van der Waals surface area contributed by atoms with E-state index in [9.17, 15) is 0 Å². The second-order valence-corrected chi connectivity index (χ2v) is 7.11. The van der Waals surface area contributed by atoms with Crippen molar-refractivity contribution < 1.29 is 0 Å². The van der Waals surface area contributed by atoms with Crippen LogP contribution in [0.4, 0.5) is 0 Å². The van der Waals surface area contributed by atoms with Gasteiger partial charge in [0.15, 0.2) is 0 Å². The van der Waals surface area contributed by atoms with Crippen LogP contribution in [0, 0.1) is 12.8 Å². The average molecular weight is 286 g/mol. The molecule has 1 N–H and O–H groups in total. The van der Waals surface area contributed by atoms with Gasteiger partial charge in [0, 0.05) is 17.1 Å². The quantitative estimate of drug-likeness (QED) is 0.841. The SMILES string of the molecule is Cc1ncc(CC(CNC2CC2)Cc2ccccc2)s1. The lowest BCUT2D eigenvalue weighted by Gasteiger charge is -2.17. The number of nitrogens with zero attached hydrogens (tertiary/aromatic N) is 1. The fourth-order valence-corrected chi connectivity index (χ4v) is 3.48. The Labute approximate surface area is 125 Å². The van der Waals surface area contributed by atoms with Gasteiger partial charge in [0.25, 0.3) is 0 Å². The van der Waals surface area contributed by atoms with E-state index in [1.807, 2.05) is 11.3 Å². The van der Waals surface area contributed by atoms with Crippen molar-refractivity contribution in [3.63, 3.8) is 0 Å². The Hall–Kier alpha value is -1.19. The Morgan fingerprint density at radius 3 is 2.70 bits per heavy atom. The van der Waals surface area contributed by atoms with Crippen LogP contribution in [0.25, 0.3) is 0 Å². The third-order valence-electron chi connectivity index (χ3n) is 3.80. The van der Waals surface area contributed by atoms with Gasteiger partial charge in [-0.1, -0.05) is 30.3 Å². The molecule has 0 aliphatic heterocycles. The van der Waals surface area contributed by atoms with Gasteiger partial charge in [0.2, 0.25) is 0 Å². The molecule has 1 atom stereocenters. The number of aryl methyl sites for hydroxylation is 1. The maximum atomic E-state index is 4.38. The smallest absolute Gasteiger partial charge is 0.0896 e. The first-order valence-corrected chi connectivity index (χ1v) is 8.30. The summed E-state index contributed by atoms with van der Waals surface area (Å²) in [6, 6.07) is 11.6. The molecule has 1 saturated carbocycles. The average Bonchev–Trinajstić information content (AvgIpc) is 3.20. The Bertz CT molecular complexity index is 531. The maximum absolute atomic E-state index is 4.38. The molecule has 3 heteroatoms. The molecule has 2 aromatic rings. The minimum Gasteiger partial charge on any atom is -0.314 e. The lowest BCUT2D eigenvalue weighted by molar-refractivity contribution is 0.471. The molecule has 20 heavy (non-hydrogen) atoms. The van der Waals surface area contributed by atoms with Gasteiger partial charge in [0.05, 0.1) is 5.01 Å². The zero-order valence-electron chi connectivity index (χ0n) is 12.0. The van der Waals surface area contributed by atoms with E-state index in [4.69, 9.17) is 0 Å². The second kappa shape index (κ2) is 6.51. The predicted molar refractivity (Wildman–Crippen MR) is 85.2 cm³/mol. The van der Waals surface area contributed by atoms with Gasteiger partial charge < -0.3 is 5.32 Å². The van der Waals surface area contributed by atoms with Gasteiger partial charge in [-0.15, -0.1) is 11.3 Å².